The van der Waals surface area contributed by atoms with E-state index in [1.54, 1.807) is 12.1 Å². The van der Waals surface area contributed by atoms with E-state index in [-0.39, 0.29) is 12.8 Å². The van der Waals surface area contributed by atoms with E-state index in [2.05, 4.69) is 0 Å². The van der Waals surface area contributed by atoms with Gasteiger partial charge in [0.15, 0.2) is 11.5 Å². The molecule has 106 valence electrons. The number of ether oxygens (including phenoxy) is 3. The topological polar surface area (TPSA) is 85.2 Å². The largest absolute Gasteiger partial charge is 0.493 e. The van der Waals surface area contributed by atoms with Gasteiger partial charge in [0.25, 0.3) is 0 Å². The van der Waals surface area contributed by atoms with Crippen LogP contribution < -0.4 is 14.2 Å². The van der Waals surface area contributed by atoms with Gasteiger partial charge in [-0.05, 0) is 18.6 Å². The molecule has 1 aromatic rings. The number of carbonyl (C=O) groups is 1. The number of carboxylic acid groups (broad SMARTS) is 1. The van der Waals surface area contributed by atoms with Crippen molar-refractivity contribution in [3.63, 3.8) is 0 Å². The van der Waals surface area contributed by atoms with E-state index in [0.717, 1.165) is 0 Å². The fourth-order valence-electron chi connectivity index (χ4n) is 1.80. The third-order valence-electron chi connectivity index (χ3n) is 2.73. The van der Waals surface area contributed by atoms with Gasteiger partial charge in [-0.1, -0.05) is 0 Å². The smallest absolute Gasteiger partial charge is 0.303 e. The molecule has 1 atom stereocenters. The number of aliphatic hydroxyl groups excluding tert-OH is 1. The van der Waals surface area contributed by atoms with E-state index >= 15 is 0 Å². The molecule has 0 radical (unpaired) electrons. The lowest BCUT2D eigenvalue weighted by Gasteiger charge is -2.18. The Balaban J connectivity index is 3.09. The highest BCUT2D eigenvalue weighted by Gasteiger charge is 2.21. The summed E-state index contributed by atoms with van der Waals surface area (Å²) in [5, 5.41) is 18.7. The normalized spacial score (nSPS) is 11.8. The standard InChI is InChI=1S/C13H18O6/c1-17-10-6-4-8(9(14)5-7-11(15)16)12(18-2)13(10)19-3/h4,6,9,14H,5,7H2,1-3H3,(H,15,16). The number of carboxylic acids is 1. The average Bonchev–Trinajstić information content (AvgIpc) is 2.42. The van der Waals surface area contributed by atoms with Crippen LogP contribution in [0.3, 0.4) is 0 Å². The lowest BCUT2D eigenvalue weighted by molar-refractivity contribution is -0.137. The molecule has 0 spiro atoms. The molecule has 6 nitrogen and oxygen atoms in total. The highest BCUT2D eigenvalue weighted by atomic mass is 16.5. The molecule has 1 rings (SSSR count). The number of aliphatic hydroxyl groups is 1. The van der Waals surface area contributed by atoms with Gasteiger partial charge in [0, 0.05) is 12.0 Å². The zero-order valence-electron chi connectivity index (χ0n) is 11.2. The zero-order valence-corrected chi connectivity index (χ0v) is 11.2. The second kappa shape index (κ2) is 6.84. The molecule has 0 bridgehead atoms. The van der Waals surface area contributed by atoms with Crippen molar-refractivity contribution in [3.05, 3.63) is 17.7 Å². The molecule has 6 heteroatoms. The summed E-state index contributed by atoms with van der Waals surface area (Å²) in [4.78, 5) is 10.5. The maximum absolute atomic E-state index is 10.5. The van der Waals surface area contributed by atoms with Crippen molar-refractivity contribution in [1.82, 2.24) is 0 Å². The van der Waals surface area contributed by atoms with Crippen LogP contribution in [0.15, 0.2) is 12.1 Å². The van der Waals surface area contributed by atoms with Crippen LogP contribution in [0.1, 0.15) is 24.5 Å². The van der Waals surface area contributed by atoms with Gasteiger partial charge in [0.2, 0.25) is 5.75 Å². The van der Waals surface area contributed by atoms with Gasteiger partial charge in [-0.2, -0.15) is 0 Å². The van der Waals surface area contributed by atoms with Gasteiger partial charge in [0.05, 0.1) is 27.4 Å². The lowest BCUT2D eigenvalue weighted by atomic mass is 10.0. The minimum Gasteiger partial charge on any atom is -0.493 e. The quantitative estimate of drug-likeness (QED) is 0.783. The number of benzene rings is 1. The van der Waals surface area contributed by atoms with Gasteiger partial charge >= 0.3 is 5.97 Å². The molecule has 19 heavy (non-hydrogen) atoms. The molecule has 0 heterocycles. The van der Waals surface area contributed by atoms with Crippen molar-refractivity contribution in [2.75, 3.05) is 21.3 Å². The number of hydrogen-bond donors (Lipinski definition) is 2. The fraction of sp³-hybridized carbons (Fsp3) is 0.462. The molecular formula is C13H18O6. The maximum atomic E-state index is 10.5. The molecular weight excluding hydrogens is 252 g/mol. The van der Waals surface area contributed by atoms with Gasteiger partial charge in [0.1, 0.15) is 0 Å². The predicted octanol–water partition coefficient (Wildman–Crippen LogP) is 1.61. The van der Waals surface area contributed by atoms with Gasteiger partial charge in [-0.25, -0.2) is 0 Å². The summed E-state index contributed by atoms with van der Waals surface area (Å²) in [5.74, 6) is 0.239. The Morgan fingerprint density at radius 1 is 1.16 bits per heavy atom. The van der Waals surface area contributed by atoms with Crippen molar-refractivity contribution < 1.29 is 29.2 Å². The molecule has 1 aromatic carbocycles. The average molecular weight is 270 g/mol. The summed E-state index contributed by atoms with van der Waals surface area (Å²) in [6, 6.07) is 3.27. The van der Waals surface area contributed by atoms with Crippen LogP contribution in [0.2, 0.25) is 0 Å². The Morgan fingerprint density at radius 3 is 2.26 bits per heavy atom. The Labute approximate surface area is 111 Å². The summed E-state index contributed by atoms with van der Waals surface area (Å²) in [5.41, 5.74) is 0.474. The summed E-state index contributed by atoms with van der Waals surface area (Å²) >= 11 is 0. The van der Waals surface area contributed by atoms with Gasteiger partial charge < -0.3 is 24.4 Å². The number of hydrogen-bond acceptors (Lipinski definition) is 5. The molecule has 1 unspecified atom stereocenters. The molecule has 0 aromatic heterocycles. The third kappa shape index (κ3) is 3.51. The second-order valence-corrected chi connectivity index (χ2v) is 3.87. The van der Waals surface area contributed by atoms with Crippen molar-refractivity contribution in [1.29, 1.82) is 0 Å². The summed E-state index contributed by atoms with van der Waals surface area (Å²) in [7, 11) is 4.41. The van der Waals surface area contributed by atoms with Crippen LogP contribution in [0, 0.1) is 0 Å². The molecule has 0 aliphatic rings. The summed E-state index contributed by atoms with van der Waals surface area (Å²) in [6.07, 6.45) is -0.967. The Bertz CT molecular complexity index is 443. The first-order valence-electron chi connectivity index (χ1n) is 5.73. The van der Waals surface area contributed by atoms with Crippen molar-refractivity contribution in [3.8, 4) is 17.2 Å². The fourth-order valence-corrected chi connectivity index (χ4v) is 1.80. The molecule has 2 N–H and O–H groups in total. The monoisotopic (exact) mass is 270 g/mol. The molecule has 0 amide bonds. The van der Waals surface area contributed by atoms with E-state index in [4.69, 9.17) is 19.3 Å². The first kappa shape index (κ1) is 15.1. The van der Waals surface area contributed by atoms with E-state index in [0.29, 0.717) is 22.8 Å². The highest BCUT2D eigenvalue weighted by molar-refractivity contribution is 5.66. The Morgan fingerprint density at radius 2 is 1.79 bits per heavy atom. The van der Waals surface area contributed by atoms with Crippen molar-refractivity contribution in [2.45, 2.75) is 18.9 Å². The molecule has 0 aliphatic carbocycles. The van der Waals surface area contributed by atoms with Crippen LogP contribution in [0.5, 0.6) is 17.2 Å². The first-order valence-corrected chi connectivity index (χ1v) is 5.73. The summed E-state index contributed by atoms with van der Waals surface area (Å²) in [6.45, 7) is 0. The molecule has 0 saturated carbocycles. The summed E-state index contributed by atoms with van der Waals surface area (Å²) < 4.78 is 15.6. The maximum Gasteiger partial charge on any atom is 0.303 e. The SMILES string of the molecule is COc1ccc(C(O)CCC(=O)O)c(OC)c1OC. The van der Waals surface area contributed by atoms with Crippen LogP contribution in [-0.4, -0.2) is 37.5 Å². The van der Waals surface area contributed by atoms with E-state index < -0.39 is 12.1 Å². The van der Waals surface area contributed by atoms with Crippen LogP contribution in [-0.2, 0) is 4.79 Å². The number of methoxy groups -OCH3 is 3. The molecule has 0 saturated heterocycles. The zero-order chi connectivity index (χ0) is 14.4. The van der Waals surface area contributed by atoms with Gasteiger partial charge in [-0.15, -0.1) is 0 Å². The molecule has 0 fully saturated rings. The minimum absolute atomic E-state index is 0.0984. The van der Waals surface area contributed by atoms with E-state index in [1.807, 2.05) is 0 Å². The number of rotatable bonds is 7. The second-order valence-electron chi connectivity index (χ2n) is 3.87. The third-order valence-corrected chi connectivity index (χ3v) is 2.73. The van der Waals surface area contributed by atoms with Crippen molar-refractivity contribution in [2.24, 2.45) is 0 Å². The van der Waals surface area contributed by atoms with Crippen molar-refractivity contribution >= 4 is 5.97 Å². The minimum atomic E-state index is -0.960. The predicted molar refractivity (Wildman–Crippen MR) is 67.9 cm³/mol. The Hall–Kier alpha value is -1.95. The molecule has 0 aliphatic heterocycles. The number of aliphatic carboxylic acids is 1. The first-order chi connectivity index (χ1) is 9.04. The van der Waals surface area contributed by atoms with Crippen LogP contribution >= 0.6 is 0 Å². The highest BCUT2D eigenvalue weighted by Crippen LogP contribution is 2.42. The Kier molecular flexibility index (Phi) is 5.44. The van der Waals surface area contributed by atoms with E-state index in [1.165, 1.54) is 21.3 Å². The van der Waals surface area contributed by atoms with Crippen LogP contribution in [0.25, 0.3) is 0 Å². The van der Waals surface area contributed by atoms with Crippen LogP contribution in [0.4, 0.5) is 0 Å². The lowest BCUT2D eigenvalue weighted by Crippen LogP contribution is -2.06. The van der Waals surface area contributed by atoms with Gasteiger partial charge in [-0.3, -0.25) is 4.79 Å². The van der Waals surface area contributed by atoms with E-state index in [9.17, 15) is 9.90 Å².